The van der Waals surface area contributed by atoms with E-state index in [0.29, 0.717) is 5.92 Å². The Kier molecular flexibility index (Phi) is 5.11. The second kappa shape index (κ2) is 7.36. The Hall–Kier alpha value is -1.32. The minimum atomic E-state index is -3.52. The fourth-order valence-electron chi connectivity index (χ4n) is 5.57. The Balaban J connectivity index is 1.35. The van der Waals surface area contributed by atoms with Crippen molar-refractivity contribution < 1.29 is 18.3 Å². The van der Waals surface area contributed by atoms with E-state index < -0.39 is 6.29 Å². The van der Waals surface area contributed by atoms with E-state index in [4.69, 9.17) is 4.74 Å². The maximum atomic E-state index is 13.4. The summed E-state index contributed by atoms with van der Waals surface area (Å²) < 4.78 is 36.3. The van der Waals surface area contributed by atoms with Gasteiger partial charge in [-0.15, -0.1) is 8.78 Å². The van der Waals surface area contributed by atoms with Crippen LogP contribution < -0.4 is 9.47 Å². The molecule has 4 heteroatoms. The molecule has 3 aliphatic rings. The van der Waals surface area contributed by atoms with Gasteiger partial charge in [0.1, 0.15) is 0 Å². The van der Waals surface area contributed by atoms with E-state index in [1.165, 1.54) is 51.4 Å². The molecule has 0 bridgehead atoms. The monoisotopic (exact) mass is 364 g/mol. The zero-order valence-electron chi connectivity index (χ0n) is 15.7. The first kappa shape index (κ1) is 18.1. The molecule has 2 fully saturated rings. The summed E-state index contributed by atoms with van der Waals surface area (Å²) in [6, 6.07) is 5.31. The van der Waals surface area contributed by atoms with Crippen molar-refractivity contribution in [1.29, 1.82) is 0 Å². The summed E-state index contributed by atoms with van der Waals surface area (Å²) in [7, 11) is 0. The van der Waals surface area contributed by atoms with Gasteiger partial charge in [0.25, 0.3) is 0 Å². The van der Waals surface area contributed by atoms with Crippen LogP contribution in [-0.4, -0.2) is 6.29 Å². The second-order valence-corrected chi connectivity index (χ2v) is 8.52. The lowest BCUT2D eigenvalue weighted by Gasteiger charge is -2.38. The lowest BCUT2D eigenvalue weighted by atomic mass is 9.68. The summed E-state index contributed by atoms with van der Waals surface area (Å²) in [5.41, 5.74) is 0.907. The van der Waals surface area contributed by atoms with Crippen LogP contribution in [0.4, 0.5) is 8.78 Å². The molecule has 144 valence electrons. The molecule has 2 nitrogen and oxygen atoms in total. The Morgan fingerprint density at radius 2 is 1.58 bits per heavy atom. The van der Waals surface area contributed by atoms with Gasteiger partial charge in [0.05, 0.1) is 0 Å². The zero-order valence-corrected chi connectivity index (χ0v) is 15.7. The number of halogens is 2. The minimum absolute atomic E-state index is 0.184. The van der Waals surface area contributed by atoms with Gasteiger partial charge in [-0.1, -0.05) is 44.7 Å². The molecular weight excluding hydrogens is 334 g/mol. The highest BCUT2D eigenvalue weighted by atomic mass is 19.3. The third kappa shape index (κ3) is 3.70. The van der Waals surface area contributed by atoms with Crippen LogP contribution in [-0.2, 0) is 0 Å². The van der Waals surface area contributed by atoms with Crippen LogP contribution in [0.3, 0.4) is 0 Å². The number of rotatable bonds is 4. The Morgan fingerprint density at radius 1 is 0.923 bits per heavy atom. The summed E-state index contributed by atoms with van der Waals surface area (Å²) >= 11 is 0. The predicted octanol–water partition coefficient (Wildman–Crippen LogP) is 6.89. The van der Waals surface area contributed by atoms with Crippen LogP contribution in [0.2, 0.25) is 0 Å². The van der Waals surface area contributed by atoms with Crippen LogP contribution in [0.5, 0.6) is 11.5 Å². The van der Waals surface area contributed by atoms with Crippen molar-refractivity contribution >= 4 is 0 Å². The molecule has 0 unspecified atom stereocenters. The van der Waals surface area contributed by atoms with Crippen molar-refractivity contribution in [2.24, 2.45) is 17.8 Å². The number of hydrogen-bond donors (Lipinski definition) is 0. The van der Waals surface area contributed by atoms with Crippen molar-refractivity contribution in [3.8, 4) is 11.5 Å². The first-order chi connectivity index (χ1) is 12.6. The Morgan fingerprint density at radius 3 is 2.23 bits per heavy atom. The number of ether oxygens (including phenoxy) is 2. The van der Waals surface area contributed by atoms with Crippen molar-refractivity contribution in [1.82, 2.24) is 0 Å². The molecule has 0 aromatic heterocycles. The van der Waals surface area contributed by atoms with Gasteiger partial charge in [0.15, 0.2) is 11.5 Å². The minimum Gasteiger partial charge on any atom is -0.395 e. The normalized spacial score (nSPS) is 33.2. The molecule has 4 rings (SSSR count). The van der Waals surface area contributed by atoms with E-state index in [0.717, 1.165) is 36.2 Å². The summed E-state index contributed by atoms with van der Waals surface area (Å²) in [5, 5.41) is 0. The van der Waals surface area contributed by atoms with E-state index >= 15 is 0 Å². The molecule has 2 aliphatic carbocycles. The smallest absolute Gasteiger partial charge is 0.395 e. The molecule has 0 atom stereocenters. The third-order valence-electron chi connectivity index (χ3n) is 6.93. The highest BCUT2D eigenvalue weighted by molar-refractivity contribution is 5.50. The van der Waals surface area contributed by atoms with Crippen LogP contribution in [0.15, 0.2) is 18.2 Å². The van der Waals surface area contributed by atoms with Crippen LogP contribution >= 0.6 is 0 Å². The van der Waals surface area contributed by atoms with Crippen LogP contribution in [0.25, 0.3) is 0 Å². The number of alkyl halides is 2. The zero-order chi connectivity index (χ0) is 18.1. The highest BCUT2D eigenvalue weighted by Gasteiger charge is 2.45. The van der Waals surface area contributed by atoms with Crippen molar-refractivity contribution in [2.45, 2.75) is 83.3 Å². The van der Waals surface area contributed by atoms with Crippen molar-refractivity contribution in [3.05, 3.63) is 23.8 Å². The van der Waals surface area contributed by atoms with Gasteiger partial charge in [0, 0.05) is 5.56 Å². The fourth-order valence-corrected chi connectivity index (χ4v) is 5.57. The van der Waals surface area contributed by atoms with Crippen molar-refractivity contribution in [2.75, 3.05) is 0 Å². The maximum Gasteiger partial charge on any atom is 0.586 e. The van der Waals surface area contributed by atoms with E-state index in [9.17, 15) is 8.78 Å². The molecule has 0 amide bonds. The summed E-state index contributed by atoms with van der Waals surface area (Å²) in [6.45, 7) is 2.29. The molecule has 0 spiro atoms. The Labute approximate surface area is 155 Å². The van der Waals surface area contributed by atoms with Crippen LogP contribution in [0.1, 0.15) is 82.6 Å². The molecule has 26 heavy (non-hydrogen) atoms. The van der Waals surface area contributed by atoms with Gasteiger partial charge in [-0.05, 0) is 68.3 Å². The summed E-state index contributed by atoms with van der Waals surface area (Å²) in [4.78, 5) is 0. The van der Waals surface area contributed by atoms with Gasteiger partial charge in [-0.25, -0.2) is 0 Å². The van der Waals surface area contributed by atoms with Gasteiger partial charge < -0.3 is 9.47 Å². The van der Waals surface area contributed by atoms with E-state index in [2.05, 4.69) is 11.7 Å². The molecule has 1 aliphatic heterocycles. The average molecular weight is 364 g/mol. The molecule has 1 heterocycles. The highest BCUT2D eigenvalue weighted by Crippen LogP contribution is 2.50. The second-order valence-electron chi connectivity index (χ2n) is 8.52. The third-order valence-corrected chi connectivity index (χ3v) is 6.93. The van der Waals surface area contributed by atoms with Gasteiger partial charge >= 0.3 is 6.29 Å². The summed E-state index contributed by atoms with van der Waals surface area (Å²) in [5.74, 6) is 3.43. The molecule has 1 aromatic rings. The molecule has 0 radical (unpaired) electrons. The molecular formula is C22H30F2O2. The molecule has 2 saturated carbocycles. The molecule has 1 aromatic carbocycles. The lowest BCUT2D eigenvalue weighted by Crippen LogP contribution is -2.27. The Bertz CT molecular complexity index is 615. The molecule has 0 N–H and O–H groups in total. The standard InChI is InChI=1S/C22H30F2O2/c1-2-4-15-7-9-16(10-8-15)17-11-13-18(14-12-17)19-5-3-6-20-21(19)26-22(23,24)25-20/h3,5-6,15-18H,2,4,7-14H2,1H3. The van der Waals surface area contributed by atoms with Crippen molar-refractivity contribution in [3.63, 3.8) is 0 Å². The first-order valence-electron chi connectivity index (χ1n) is 10.4. The van der Waals surface area contributed by atoms with Gasteiger partial charge in [-0.3, -0.25) is 0 Å². The lowest BCUT2D eigenvalue weighted by molar-refractivity contribution is -0.287. The first-order valence-corrected chi connectivity index (χ1v) is 10.4. The largest absolute Gasteiger partial charge is 0.586 e. The van der Waals surface area contributed by atoms with Crippen LogP contribution in [0, 0.1) is 17.8 Å². The topological polar surface area (TPSA) is 18.5 Å². The van der Waals surface area contributed by atoms with E-state index in [1.807, 2.05) is 6.07 Å². The van der Waals surface area contributed by atoms with E-state index in [1.54, 1.807) is 12.1 Å². The quantitative estimate of drug-likeness (QED) is 0.579. The SMILES string of the molecule is CCCC1CCC(C2CCC(c3cccc4c3OC(F)(F)O4)CC2)CC1. The van der Waals surface area contributed by atoms with Gasteiger partial charge in [-0.2, -0.15) is 0 Å². The fraction of sp³-hybridized carbons (Fsp3) is 0.727. The molecule has 0 saturated heterocycles. The summed E-state index contributed by atoms with van der Waals surface area (Å²) in [6.07, 6.45) is 9.37. The number of para-hydroxylation sites is 1. The predicted molar refractivity (Wildman–Crippen MR) is 97.7 cm³/mol. The number of hydrogen-bond acceptors (Lipinski definition) is 2. The van der Waals surface area contributed by atoms with Gasteiger partial charge in [0.2, 0.25) is 0 Å². The average Bonchev–Trinajstić information content (AvgIpc) is 2.96. The van der Waals surface area contributed by atoms with E-state index in [-0.39, 0.29) is 11.5 Å². The maximum absolute atomic E-state index is 13.4. The number of fused-ring (bicyclic) bond motifs is 1. The number of benzene rings is 1.